The minimum atomic E-state index is -0.876. The highest BCUT2D eigenvalue weighted by Gasteiger charge is 2.08. The maximum Gasteiger partial charge on any atom is 0.0480 e. The van der Waals surface area contributed by atoms with Gasteiger partial charge >= 0.3 is 0 Å². The van der Waals surface area contributed by atoms with Crippen LogP contribution in [-0.2, 0) is 0 Å². The van der Waals surface area contributed by atoms with Crippen LogP contribution in [0.1, 0.15) is 6.42 Å². The van der Waals surface area contributed by atoms with Gasteiger partial charge in [0.1, 0.15) is 0 Å². The molecule has 0 unspecified atom stereocenters. The number of allylic oxidation sites excluding steroid dienone is 1. The summed E-state index contributed by atoms with van der Waals surface area (Å²) in [4.78, 5) is 0. The van der Waals surface area contributed by atoms with E-state index in [0.29, 0.717) is 0 Å². The summed E-state index contributed by atoms with van der Waals surface area (Å²) in [6, 6.07) is 1.23. The van der Waals surface area contributed by atoms with Crippen molar-refractivity contribution >= 4 is 8.07 Å². The Morgan fingerprint density at radius 1 is 1.20 bits per heavy atom. The van der Waals surface area contributed by atoms with E-state index in [2.05, 4.69) is 31.8 Å². The zero-order valence-corrected chi connectivity index (χ0v) is 8.22. The predicted molar refractivity (Wildman–Crippen MR) is 49.0 cm³/mol. The van der Waals surface area contributed by atoms with E-state index in [0.717, 1.165) is 6.42 Å². The van der Waals surface area contributed by atoms with E-state index in [1.165, 1.54) is 6.04 Å². The van der Waals surface area contributed by atoms with Gasteiger partial charge in [-0.3, -0.25) is 0 Å². The second-order valence-corrected chi connectivity index (χ2v) is 9.28. The van der Waals surface area contributed by atoms with Crippen LogP contribution in [0.4, 0.5) is 0 Å². The quantitative estimate of drug-likeness (QED) is 0.491. The molecular weight excluding hydrogens is 140 g/mol. The molecule has 0 rings (SSSR count). The Morgan fingerprint density at radius 2 is 1.80 bits per heavy atom. The molecule has 0 bridgehead atoms. The molecule has 0 fully saturated rings. The molecule has 0 spiro atoms. The average Bonchev–Trinajstić information content (AvgIpc) is 1.78. The van der Waals surface area contributed by atoms with Crippen LogP contribution in [0.25, 0.3) is 0 Å². The molecule has 2 heteroatoms. The molecule has 60 valence electrons. The van der Waals surface area contributed by atoms with Crippen molar-refractivity contribution in [1.29, 1.82) is 0 Å². The monoisotopic (exact) mass is 158 g/mol. The van der Waals surface area contributed by atoms with Crippen LogP contribution >= 0.6 is 0 Å². The van der Waals surface area contributed by atoms with Crippen LogP contribution in [0.3, 0.4) is 0 Å². The smallest absolute Gasteiger partial charge is 0.0480 e. The third-order valence-corrected chi connectivity index (χ3v) is 2.65. The lowest BCUT2D eigenvalue weighted by atomic mass is 10.4. The molecule has 0 saturated carbocycles. The lowest BCUT2D eigenvalue weighted by Crippen LogP contribution is -2.17. The van der Waals surface area contributed by atoms with E-state index >= 15 is 0 Å². The Kier molecular flexibility index (Phi) is 4.65. The number of rotatable bonds is 4. The molecule has 0 heterocycles. The van der Waals surface area contributed by atoms with Gasteiger partial charge in [-0.2, -0.15) is 0 Å². The van der Waals surface area contributed by atoms with E-state index < -0.39 is 8.07 Å². The summed E-state index contributed by atoms with van der Waals surface area (Å²) in [7, 11) is -0.876. The summed E-state index contributed by atoms with van der Waals surface area (Å²) in [5.74, 6) is 0. The van der Waals surface area contributed by atoms with Gasteiger partial charge in [-0.25, -0.2) is 0 Å². The molecule has 0 radical (unpaired) electrons. The van der Waals surface area contributed by atoms with Gasteiger partial charge in [-0.1, -0.05) is 31.8 Å². The summed E-state index contributed by atoms with van der Waals surface area (Å²) in [5, 5.41) is 8.46. The van der Waals surface area contributed by atoms with E-state index in [1.54, 1.807) is 0 Å². The Bertz CT molecular complexity index is 102. The van der Waals surface area contributed by atoms with E-state index in [9.17, 15) is 0 Å². The fraction of sp³-hybridized carbons (Fsp3) is 0.750. The summed E-state index contributed by atoms with van der Waals surface area (Å²) < 4.78 is 0. The molecule has 0 aromatic rings. The standard InChI is InChI=1S/C8H18OSi/c1-10(2,3)8-6-4-5-7-9/h4,6,9H,5,7-8H2,1-3H3/b6-4+. The first-order chi connectivity index (χ1) is 4.56. The van der Waals surface area contributed by atoms with Crippen molar-refractivity contribution in [3.8, 4) is 0 Å². The first-order valence-electron chi connectivity index (χ1n) is 3.82. The number of aliphatic hydroxyl groups excluding tert-OH is 1. The van der Waals surface area contributed by atoms with E-state index in [-0.39, 0.29) is 6.61 Å². The predicted octanol–water partition coefficient (Wildman–Crippen LogP) is 2.26. The molecule has 1 N–H and O–H groups in total. The average molecular weight is 158 g/mol. The van der Waals surface area contributed by atoms with Gasteiger partial charge in [0.05, 0.1) is 0 Å². The zero-order chi connectivity index (χ0) is 8.04. The third-order valence-electron chi connectivity index (χ3n) is 1.19. The normalized spacial score (nSPS) is 12.8. The van der Waals surface area contributed by atoms with Gasteiger partial charge < -0.3 is 5.11 Å². The second kappa shape index (κ2) is 4.69. The maximum atomic E-state index is 8.46. The first kappa shape index (κ1) is 9.92. The topological polar surface area (TPSA) is 20.2 Å². The molecule has 0 aliphatic rings. The molecule has 0 aromatic carbocycles. The fourth-order valence-corrected chi connectivity index (χ4v) is 1.50. The molecule has 0 aromatic heterocycles. The summed E-state index contributed by atoms with van der Waals surface area (Å²) >= 11 is 0. The molecule has 10 heavy (non-hydrogen) atoms. The number of aliphatic hydroxyl groups is 1. The van der Waals surface area contributed by atoms with Crippen LogP contribution in [0.15, 0.2) is 12.2 Å². The van der Waals surface area contributed by atoms with Gasteiger partial charge in [0.25, 0.3) is 0 Å². The lowest BCUT2D eigenvalue weighted by molar-refractivity contribution is 0.302. The van der Waals surface area contributed by atoms with Crippen molar-refractivity contribution in [2.75, 3.05) is 6.61 Å². The van der Waals surface area contributed by atoms with E-state index in [4.69, 9.17) is 5.11 Å². The summed E-state index contributed by atoms with van der Waals surface area (Å²) in [6.07, 6.45) is 5.07. The van der Waals surface area contributed by atoms with Gasteiger partial charge in [-0.05, 0) is 12.5 Å². The third kappa shape index (κ3) is 7.92. The van der Waals surface area contributed by atoms with Crippen LogP contribution in [0.2, 0.25) is 25.7 Å². The van der Waals surface area contributed by atoms with Crippen molar-refractivity contribution in [3.63, 3.8) is 0 Å². The maximum absolute atomic E-state index is 8.46. The molecular formula is C8H18OSi. The van der Waals surface area contributed by atoms with Crippen molar-refractivity contribution in [1.82, 2.24) is 0 Å². The highest BCUT2D eigenvalue weighted by atomic mass is 28.3. The molecule has 0 saturated heterocycles. The Labute approximate surface area is 64.8 Å². The van der Waals surface area contributed by atoms with Crippen LogP contribution < -0.4 is 0 Å². The molecule has 0 amide bonds. The molecule has 0 atom stereocenters. The Balaban J connectivity index is 3.34. The number of hydrogen-bond acceptors (Lipinski definition) is 1. The summed E-state index contributed by atoms with van der Waals surface area (Å²) in [6.45, 7) is 7.31. The van der Waals surface area contributed by atoms with Crippen molar-refractivity contribution < 1.29 is 5.11 Å². The van der Waals surface area contributed by atoms with Crippen LogP contribution in [-0.4, -0.2) is 19.8 Å². The van der Waals surface area contributed by atoms with Gasteiger partial charge in [0, 0.05) is 14.7 Å². The lowest BCUT2D eigenvalue weighted by Gasteiger charge is -2.11. The highest BCUT2D eigenvalue weighted by Crippen LogP contribution is 2.08. The highest BCUT2D eigenvalue weighted by molar-refractivity contribution is 6.76. The van der Waals surface area contributed by atoms with Crippen molar-refractivity contribution in [3.05, 3.63) is 12.2 Å². The Hall–Kier alpha value is -0.0831. The first-order valence-corrected chi connectivity index (χ1v) is 7.53. The molecule has 0 aliphatic carbocycles. The summed E-state index contributed by atoms with van der Waals surface area (Å²) in [5.41, 5.74) is 0. The fourth-order valence-electron chi connectivity index (χ4n) is 0.629. The minimum absolute atomic E-state index is 0.280. The van der Waals surface area contributed by atoms with Crippen molar-refractivity contribution in [2.45, 2.75) is 32.1 Å². The van der Waals surface area contributed by atoms with E-state index in [1.807, 2.05) is 0 Å². The van der Waals surface area contributed by atoms with Crippen LogP contribution in [0.5, 0.6) is 0 Å². The zero-order valence-electron chi connectivity index (χ0n) is 7.22. The van der Waals surface area contributed by atoms with Gasteiger partial charge in [0.2, 0.25) is 0 Å². The van der Waals surface area contributed by atoms with Crippen molar-refractivity contribution in [2.24, 2.45) is 0 Å². The molecule has 1 nitrogen and oxygen atoms in total. The SMILES string of the molecule is C[Si](C)(C)C/C=C/CCO. The van der Waals surface area contributed by atoms with Gasteiger partial charge in [0.15, 0.2) is 0 Å². The minimum Gasteiger partial charge on any atom is -0.396 e. The second-order valence-electron chi connectivity index (χ2n) is 3.75. The van der Waals surface area contributed by atoms with Crippen LogP contribution in [0, 0.1) is 0 Å². The largest absolute Gasteiger partial charge is 0.396 e. The Morgan fingerprint density at radius 3 is 2.20 bits per heavy atom. The number of hydrogen-bond donors (Lipinski definition) is 1. The molecule has 0 aliphatic heterocycles. The van der Waals surface area contributed by atoms with Gasteiger partial charge in [-0.15, -0.1) is 0 Å².